The van der Waals surface area contributed by atoms with Crippen molar-refractivity contribution in [1.82, 2.24) is 10.2 Å². The van der Waals surface area contributed by atoms with Gasteiger partial charge in [0.15, 0.2) is 0 Å². The van der Waals surface area contributed by atoms with Gasteiger partial charge in [0.25, 0.3) is 0 Å². The first kappa shape index (κ1) is 18.9. The SMILES string of the molecule is CCC(CC)(CC(=O)NCC(C(C)C)N(C)C)C(=O)O. The molecule has 0 heterocycles. The first-order valence-electron chi connectivity index (χ1n) is 7.36. The number of carboxylic acids is 1. The second-order valence-electron chi connectivity index (χ2n) is 6.05. The molecule has 0 aromatic rings. The number of rotatable bonds is 9. The smallest absolute Gasteiger partial charge is 0.310 e. The number of hydrogen-bond acceptors (Lipinski definition) is 3. The topological polar surface area (TPSA) is 69.6 Å². The van der Waals surface area contributed by atoms with Crippen molar-refractivity contribution in [2.24, 2.45) is 11.3 Å². The Morgan fingerprint density at radius 1 is 1.20 bits per heavy atom. The maximum Gasteiger partial charge on any atom is 0.310 e. The van der Waals surface area contributed by atoms with Crippen LogP contribution < -0.4 is 5.32 Å². The highest BCUT2D eigenvalue weighted by Crippen LogP contribution is 2.30. The van der Waals surface area contributed by atoms with E-state index >= 15 is 0 Å². The maximum absolute atomic E-state index is 12.0. The molecule has 0 saturated carbocycles. The second kappa shape index (κ2) is 8.25. The zero-order chi connectivity index (χ0) is 15.9. The van der Waals surface area contributed by atoms with Crippen LogP contribution in [0.15, 0.2) is 0 Å². The number of likely N-dealkylation sites (N-methyl/N-ethyl adjacent to an activating group) is 1. The molecule has 0 radical (unpaired) electrons. The van der Waals surface area contributed by atoms with Crippen LogP contribution in [0.4, 0.5) is 0 Å². The molecule has 0 aromatic carbocycles. The molecule has 0 aliphatic rings. The number of nitrogens with zero attached hydrogens (tertiary/aromatic N) is 1. The van der Waals surface area contributed by atoms with Crippen molar-refractivity contribution in [2.75, 3.05) is 20.6 Å². The van der Waals surface area contributed by atoms with Crippen LogP contribution in [0.3, 0.4) is 0 Å². The van der Waals surface area contributed by atoms with E-state index in [-0.39, 0.29) is 18.4 Å². The number of hydrogen-bond donors (Lipinski definition) is 2. The molecule has 0 rings (SSSR count). The predicted octanol–water partition coefficient (Wildman–Crippen LogP) is 1.97. The van der Waals surface area contributed by atoms with Crippen molar-refractivity contribution < 1.29 is 14.7 Å². The van der Waals surface area contributed by atoms with Gasteiger partial charge < -0.3 is 15.3 Å². The van der Waals surface area contributed by atoms with Gasteiger partial charge in [-0.25, -0.2) is 0 Å². The lowest BCUT2D eigenvalue weighted by Crippen LogP contribution is -2.45. The van der Waals surface area contributed by atoms with E-state index in [9.17, 15) is 14.7 Å². The molecule has 1 atom stereocenters. The minimum absolute atomic E-state index is 0.0492. The van der Waals surface area contributed by atoms with Gasteiger partial charge in [0, 0.05) is 19.0 Å². The normalized spacial score (nSPS) is 13.6. The predicted molar refractivity (Wildman–Crippen MR) is 80.6 cm³/mol. The quantitative estimate of drug-likeness (QED) is 0.680. The fraction of sp³-hybridized carbons (Fsp3) is 0.867. The lowest BCUT2D eigenvalue weighted by atomic mass is 9.79. The Kier molecular flexibility index (Phi) is 7.79. The lowest BCUT2D eigenvalue weighted by Gasteiger charge is -2.29. The third-order valence-electron chi connectivity index (χ3n) is 4.25. The van der Waals surface area contributed by atoms with Gasteiger partial charge in [0.1, 0.15) is 0 Å². The Bertz CT molecular complexity index is 315. The van der Waals surface area contributed by atoms with Crippen molar-refractivity contribution in [1.29, 1.82) is 0 Å². The van der Waals surface area contributed by atoms with Crippen LogP contribution in [0.5, 0.6) is 0 Å². The number of aliphatic carboxylic acids is 1. The number of amides is 1. The number of carbonyl (C=O) groups is 2. The first-order chi connectivity index (χ1) is 9.20. The van der Waals surface area contributed by atoms with Crippen LogP contribution >= 0.6 is 0 Å². The van der Waals surface area contributed by atoms with E-state index in [0.717, 1.165) is 0 Å². The molecule has 1 unspecified atom stereocenters. The summed E-state index contributed by atoms with van der Waals surface area (Å²) < 4.78 is 0. The summed E-state index contributed by atoms with van der Waals surface area (Å²) >= 11 is 0. The fourth-order valence-electron chi connectivity index (χ4n) is 2.48. The summed E-state index contributed by atoms with van der Waals surface area (Å²) in [6.07, 6.45) is 0.981. The summed E-state index contributed by atoms with van der Waals surface area (Å²) in [7, 11) is 3.97. The monoisotopic (exact) mass is 286 g/mol. The molecule has 0 bridgehead atoms. The number of carboxylic acid groups (broad SMARTS) is 1. The second-order valence-corrected chi connectivity index (χ2v) is 6.05. The lowest BCUT2D eigenvalue weighted by molar-refractivity contribution is -0.152. The highest BCUT2D eigenvalue weighted by molar-refractivity contribution is 5.84. The van der Waals surface area contributed by atoms with Gasteiger partial charge in [-0.15, -0.1) is 0 Å². The van der Waals surface area contributed by atoms with Gasteiger partial charge in [-0.1, -0.05) is 27.7 Å². The van der Waals surface area contributed by atoms with Gasteiger partial charge >= 0.3 is 5.97 Å². The summed E-state index contributed by atoms with van der Waals surface area (Å²) in [6, 6.07) is 0.251. The van der Waals surface area contributed by atoms with E-state index in [0.29, 0.717) is 25.3 Å². The highest BCUT2D eigenvalue weighted by atomic mass is 16.4. The van der Waals surface area contributed by atoms with Crippen LogP contribution in [0, 0.1) is 11.3 Å². The molecule has 0 aromatic heterocycles. The van der Waals surface area contributed by atoms with E-state index in [1.165, 1.54) is 0 Å². The van der Waals surface area contributed by atoms with Crippen LogP contribution in [0.25, 0.3) is 0 Å². The van der Waals surface area contributed by atoms with Crippen molar-refractivity contribution in [3.8, 4) is 0 Å². The third kappa shape index (κ3) is 5.12. The Morgan fingerprint density at radius 2 is 1.70 bits per heavy atom. The van der Waals surface area contributed by atoms with E-state index in [2.05, 4.69) is 24.1 Å². The number of carbonyl (C=O) groups excluding carboxylic acids is 1. The minimum atomic E-state index is -0.935. The Hall–Kier alpha value is -1.10. The molecule has 20 heavy (non-hydrogen) atoms. The average molecular weight is 286 g/mol. The van der Waals surface area contributed by atoms with Gasteiger partial charge in [-0.3, -0.25) is 9.59 Å². The molecular weight excluding hydrogens is 256 g/mol. The molecule has 1 amide bonds. The van der Waals surface area contributed by atoms with E-state index in [1.807, 2.05) is 27.9 Å². The fourth-order valence-corrected chi connectivity index (χ4v) is 2.48. The first-order valence-corrected chi connectivity index (χ1v) is 7.36. The Morgan fingerprint density at radius 3 is 2.00 bits per heavy atom. The third-order valence-corrected chi connectivity index (χ3v) is 4.25. The van der Waals surface area contributed by atoms with Gasteiger partial charge in [0.05, 0.1) is 5.41 Å². The van der Waals surface area contributed by atoms with Crippen molar-refractivity contribution in [3.05, 3.63) is 0 Å². The van der Waals surface area contributed by atoms with E-state index < -0.39 is 11.4 Å². The molecule has 0 aliphatic carbocycles. The largest absolute Gasteiger partial charge is 0.481 e. The average Bonchev–Trinajstić information content (AvgIpc) is 2.34. The molecule has 0 saturated heterocycles. The zero-order valence-electron chi connectivity index (χ0n) is 13.7. The zero-order valence-corrected chi connectivity index (χ0v) is 13.7. The molecule has 118 valence electrons. The Balaban J connectivity index is 4.59. The minimum Gasteiger partial charge on any atom is -0.481 e. The van der Waals surface area contributed by atoms with Crippen molar-refractivity contribution in [3.63, 3.8) is 0 Å². The molecule has 0 fully saturated rings. The van der Waals surface area contributed by atoms with Gasteiger partial charge in [-0.05, 0) is 32.9 Å². The van der Waals surface area contributed by atoms with Crippen LogP contribution in [-0.2, 0) is 9.59 Å². The molecular formula is C15H30N2O3. The summed E-state index contributed by atoms with van der Waals surface area (Å²) in [5.74, 6) is -0.638. The van der Waals surface area contributed by atoms with Crippen molar-refractivity contribution in [2.45, 2.75) is 53.0 Å². The van der Waals surface area contributed by atoms with E-state index in [4.69, 9.17) is 0 Å². The van der Waals surface area contributed by atoms with Crippen molar-refractivity contribution >= 4 is 11.9 Å². The standard InChI is InChI=1S/C15H30N2O3/c1-7-15(8-2,14(19)20)9-13(18)16-10-12(11(3)4)17(5)6/h11-12H,7-10H2,1-6H3,(H,16,18)(H,19,20). The Labute approximate surface area is 122 Å². The molecule has 5 heteroatoms. The van der Waals surface area contributed by atoms with Crippen LogP contribution in [-0.4, -0.2) is 48.6 Å². The van der Waals surface area contributed by atoms with Crippen LogP contribution in [0.1, 0.15) is 47.0 Å². The summed E-state index contributed by atoms with van der Waals surface area (Å²) in [4.78, 5) is 25.5. The summed E-state index contributed by atoms with van der Waals surface area (Å²) in [6.45, 7) is 8.41. The molecule has 0 spiro atoms. The van der Waals surface area contributed by atoms with Gasteiger partial charge in [0.2, 0.25) is 5.91 Å². The van der Waals surface area contributed by atoms with Crippen LogP contribution in [0.2, 0.25) is 0 Å². The highest BCUT2D eigenvalue weighted by Gasteiger charge is 2.37. The number of nitrogens with one attached hydrogen (secondary N) is 1. The van der Waals surface area contributed by atoms with Gasteiger partial charge in [-0.2, -0.15) is 0 Å². The molecule has 5 nitrogen and oxygen atoms in total. The summed E-state index contributed by atoms with van der Waals surface area (Å²) in [5.41, 5.74) is -0.935. The molecule has 0 aliphatic heterocycles. The molecule has 2 N–H and O–H groups in total. The maximum atomic E-state index is 12.0. The summed E-state index contributed by atoms with van der Waals surface area (Å²) in [5, 5.41) is 12.2. The van der Waals surface area contributed by atoms with E-state index in [1.54, 1.807) is 0 Å².